The number of hydrogen-bond donors (Lipinski definition) is 1. The van der Waals surface area contributed by atoms with Gasteiger partial charge in [-0.15, -0.1) is 0 Å². The molecule has 1 aromatic carbocycles. The monoisotopic (exact) mass is 311 g/mol. The Morgan fingerprint density at radius 1 is 1.57 bits per heavy atom. The van der Waals surface area contributed by atoms with Crippen LogP contribution in [-0.4, -0.2) is 23.6 Å². The first-order valence-corrected chi connectivity index (χ1v) is 7.02. The fourth-order valence-electron chi connectivity index (χ4n) is 1.67. The fraction of sp³-hybridized carbons (Fsp3) is 0.500. The van der Waals surface area contributed by atoms with Crippen LogP contribution in [0, 0.1) is 21.4 Å². The van der Waals surface area contributed by atoms with Crippen molar-refractivity contribution < 1.29 is 9.66 Å². The highest BCUT2D eigenvalue weighted by Gasteiger charge is 2.22. The summed E-state index contributed by atoms with van der Waals surface area (Å²) in [6, 6.07) is 6.24. The highest BCUT2D eigenvalue weighted by molar-refractivity contribution is 6.32. The van der Waals surface area contributed by atoms with Crippen LogP contribution in [0.15, 0.2) is 18.2 Å². The molecule has 0 aliphatic carbocycles. The molecule has 0 aromatic heterocycles. The van der Waals surface area contributed by atoms with Gasteiger partial charge in [-0.1, -0.05) is 18.5 Å². The molecule has 6 nitrogen and oxygen atoms in total. The highest BCUT2D eigenvalue weighted by atomic mass is 35.5. The molecule has 1 rings (SSSR count). The maximum atomic E-state index is 10.7. The first-order chi connectivity index (χ1) is 9.91. The lowest BCUT2D eigenvalue weighted by Gasteiger charge is -2.23. The Balaban J connectivity index is 2.65. The third-order valence-corrected chi connectivity index (χ3v) is 3.31. The van der Waals surface area contributed by atoms with Gasteiger partial charge in [0, 0.05) is 12.5 Å². The topological polar surface area (TPSA) is 88.2 Å². The van der Waals surface area contributed by atoms with Crippen LogP contribution in [0.3, 0.4) is 0 Å². The number of non-ortho nitro benzene ring substituents is 1. The van der Waals surface area contributed by atoms with E-state index in [9.17, 15) is 15.4 Å². The Morgan fingerprint density at radius 3 is 2.86 bits per heavy atom. The third kappa shape index (κ3) is 5.21. The summed E-state index contributed by atoms with van der Waals surface area (Å²) < 4.78 is 5.48. The Bertz CT molecular complexity index is 545. The number of nitro benzene ring substituents is 1. The van der Waals surface area contributed by atoms with Crippen LogP contribution in [0.1, 0.15) is 26.7 Å². The second kappa shape index (κ2) is 7.81. The molecular formula is C14H18ClN3O3. The lowest BCUT2D eigenvalue weighted by Crippen LogP contribution is -2.42. The first-order valence-electron chi connectivity index (χ1n) is 6.65. The molecule has 0 heterocycles. The molecule has 1 N–H and O–H groups in total. The third-order valence-electron chi connectivity index (χ3n) is 3.00. The zero-order valence-electron chi connectivity index (χ0n) is 12.1. The molecule has 1 aromatic rings. The predicted molar refractivity (Wildman–Crippen MR) is 80.5 cm³/mol. The van der Waals surface area contributed by atoms with Crippen LogP contribution in [0.5, 0.6) is 5.75 Å². The van der Waals surface area contributed by atoms with E-state index in [0.717, 1.165) is 13.0 Å². The Kier molecular flexibility index (Phi) is 6.40. The SMILES string of the molecule is CCCNC(C)(C#N)CCOc1cc([N+](=O)[O-])ccc1Cl. The lowest BCUT2D eigenvalue weighted by molar-refractivity contribution is -0.384. The Morgan fingerprint density at radius 2 is 2.29 bits per heavy atom. The fourth-order valence-corrected chi connectivity index (χ4v) is 1.84. The number of nitrogens with one attached hydrogen (secondary N) is 1. The van der Waals surface area contributed by atoms with Crippen LogP contribution in [0.2, 0.25) is 5.02 Å². The molecule has 0 fully saturated rings. The summed E-state index contributed by atoms with van der Waals surface area (Å²) in [6.07, 6.45) is 1.37. The van der Waals surface area contributed by atoms with Gasteiger partial charge in [0.05, 0.1) is 28.7 Å². The van der Waals surface area contributed by atoms with E-state index in [1.54, 1.807) is 6.92 Å². The molecule has 114 valence electrons. The zero-order chi connectivity index (χ0) is 15.9. The van der Waals surface area contributed by atoms with Gasteiger partial charge < -0.3 is 4.74 Å². The maximum Gasteiger partial charge on any atom is 0.273 e. The number of rotatable bonds is 8. The molecule has 0 amide bonds. The standard InChI is InChI=1S/C14H18ClN3O3/c1-3-7-17-14(2,10-16)6-8-21-13-9-11(18(19)20)4-5-12(13)15/h4-5,9,17H,3,6-8H2,1-2H3. The summed E-state index contributed by atoms with van der Waals surface area (Å²) in [5.74, 6) is 0.252. The van der Waals surface area contributed by atoms with Gasteiger partial charge in [0.2, 0.25) is 0 Å². The van der Waals surface area contributed by atoms with Gasteiger partial charge in [-0.25, -0.2) is 0 Å². The quantitative estimate of drug-likeness (QED) is 0.588. The Labute approximate surface area is 128 Å². The molecule has 0 bridgehead atoms. The average Bonchev–Trinajstić information content (AvgIpc) is 2.47. The van der Waals surface area contributed by atoms with E-state index in [1.807, 2.05) is 6.92 Å². The lowest BCUT2D eigenvalue weighted by atomic mass is 10.0. The van der Waals surface area contributed by atoms with Crippen molar-refractivity contribution in [2.24, 2.45) is 0 Å². The summed E-state index contributed by atoms with van der Waals surface area (Å²) in [5.41, 5.74) is -0.773. The van der Waals surface area contributed by atoms with Gasteiger partial charge in [-0.05, 0) is 26.0 Å². The average molecular weight is 312 g/mol. The summed E-state index contributed by atoms with van der Waals surface area (Å²) in [4.78, 5) is 10.2. The molecule has 0 saturated heterocycles. The normalized spacial score (nSPS) is 13.2. The van der Waals surface area contributed by atoms with E-state index in [1.165, 1.54) is 18.2 Å². The molecule has 0 aliphatic rings. The van der Waals surface area contributed by atoms with Crippen molar-refractivity contribution in [1.29, 1.82) is 5.26 Å². The van der Waals surface area contributed by atoms with E-state index in [4.69, 9.17) is 16.3 Å². The number of nitriles is 1. The van der Waals surface area contributed by atoms with Gasteiger partial charge in [0.15, 0.2) is 0 Å². The second-order valence-corrected chi connectivity index (χ2v) is 5.25. The molecule has 0 radical (unpaired) electrons. The van der Waals surface area contributed by atoms with Crippen LogP contribution in [0.25, 0.3) is 0 Å². The molecule has 0 aliphatic heterocycles. The number of hydrogen-bond acceptors (Lipinski definition) is 5. The minimum Gasteiger partial charge on any atom is -0.492 e. The molecule has 1 unspecified atom stereocenters. The number of halogens is 1. The molecule has 1 atom stereocenters. The van der Waals surface area contributed by atoms with Crippen LogP contribution in [0.4, 0.5) is 5.69 Å². The molecule has 0 spiro atoms. The van der Waals surface area contributed by atoms with E-state index < -0.39 is 10.5 Å². The summed E-state index contributed by atoms with van der Waals surface area (Å²) in [7, 11) is 0. The Hall–Kier alpha value is -1.84. The molecule has 7 heteroatoms. The van der Waals surface area contributed by atoms with E-state index >= 15 is 0 Å². The largest absolute Gasteiger partial charge is 0.492 e. The summed E-state index contributed by atoms with van der Waals surface area (Å²) >= 11 is 5.94. The van der Waals surface area contributed by atoms with Gasteiger partial charge >= 0.3 is 0 Å². The van der Waals surface area contributed by atoms with Crippen LogP contribution < -0.4 is 10.1 Å². The molecular weight excluding hydrogens is 294 g/mol. The van der Waals surface area contributed by atoms with Crippen molar-refractivity contribution in [3.63, 3.8) is 0 Å². The number of nitrogens with zero attached hydrogens (tertiary/aromatic N) is 2. The van der Waals surface area contributed by atoms with Gasteiger partial charge in [-0.2, -0.15) is 5.26 Å². The van der Waals surface area contributed by atoms with Crippen molar-refractivity contribution in [3.8, 4) is 11.8 Å². The van der Waals surface area contributed by atoms with Crippen molar-refractivity contribution >= 4 is 17.3 Å². The van der Waals surface area contributed by atoms with Crippen molar-refractivity contribution in [1.82, 2.24) is 5.32 Å². The zero-order valence-corrected chi connectivity index (χ0v) is 12.8. The second-order valence-electron chi connectivity index (χ2n) is 4.84. The van der Waals surface area contributed by atoms with Crippen LogP contribution in [-0.2, 0) is 0 Å². The van der Waals surface area contributed by atoms with E-state index in [-0.39, 0.29) is 18.0 Å². The van der Waals surface area contributed by atoms with Crippen molar-refractivity contribution in [3.05, 3.63) is 33.3 Å². The van der Waals surface area contributed by atoms with Gasteiger partial charge in [0.25, 0.3) is 5.69 Å². The molecule has 0 saturated carbocycles. The van der Waals surface area contributed by atoms with Gasteiger partial charge in [-0.3, -0.25) is 15.4 Å². The first kappa shape index (κ1) is 17.2. The predicted octanol–water partition coefficient (Wildman–Crippen LogP) is 3.30. The van der Waals surface area contributed by atoms with Crippen molar-refractivity contribution in [2.75, 3.05) is 13.2 Å². The number of ether oxygens (including phenoxy) is 1. The van der Waals surface area contributed by atoms with E-state index in [2.05, 4.69) is 11.4 Å². The number of benzene rings is 1. The number of nitro groups is 1. The summed E-state index contributed by atoms with van der Waals surface area (Å²) in [5, 5.41) is 23.4. The molecule has 21 heavy (non-hydrogen) atoms. The smallest absolute Gasteiger partial charge is 0.273 e. The minimum absolute atomic E-state index is 0.0819. The summed E-state index contributed by atoms with van der Waals surface area (Å²) in [6.45, 7) is 4.79. The van der Waals surface area contributed by atoms with Crippen LogP contribution >= 0.6 is 11.6 Å². The maximum absolute atomic E-state index is 10.7. The van der Waals surface area contributed by atoms with Crippen molar-refractivity contribution in [2.45, 2.75) is 32.2 Å². The van der Waals surface area contributed by atoms with E-state index in [0.29, 0.717) is 11.4 Å². The van der Waals surface area contributed by atoms with Gasteiger partial charge in [0.1, 0.15) is 11.3 Å². The highest BCUT2D eigenvalue weighted by Crippen LogP contribution is 2.29. The minimum atomic E-state index is -0.691.